The maximum absolute atomic E-state index is 11.4. The van der Waals surface area contributed by atoms with Gasteiger partial charge in [-0.1, -0.05) is 6.07 Å². The van der Waals surface area contributed by atoms with E-state index in [0.717, 1.165) is 6.66 Å². The summed E-state index contributed by atoms with van der Waals surface area (Å²) in [5.41, 5.74) is 0.0289. The zero-order valence-electron chi connectivity index (χ0n) is 8.07. The summed E-state index contributed by atoms with van der Waals surface area (Å²) in [5.74, 6) is 0.544. The summed E-state index contributed by atoms with van der Waals surface area (Å²) in [5, 5.41) is 0. The molecule has 15 heavy (non-hydrogen) atoms. The molecule has 2 aromatic rings. The van der Waals surface area contributed by atoms with Gasteiger partial charge in [-0.2, -0.15) is 0 Å². The number of hydrogen-bond donors (Lipinski definition) is 0. The highest BCUT2D eigenvalue weighted by Gasteiger charge is 2.12. The van der Waals surface area contributed by atoms with Crippen molar-refractivity contribution in [2.24, 2.45) is 0 Å². The summed E-state index contributed by atoms with van der Waals surface area (Å²) in [7, 11) is -3.61. The molecule has 1 unspecified atom stereocenters. The van der Waals surface area contributed by atoms with Crippen LogP contribution in [0.25, 0.3) is 5.82 Å². The van der Waals surface area contributed by atoms with E-state index in [4.69, 9.17) is 0 Å². The van der Waals surface area contributed by atoms with Gasteiger partial charge in [-0.25, -0.2) is 9.97 Å². The zero-order chi connectivity index (χ0) is 10.9. The quantitative estimate of drug-likeness (QED) is 0.678. The molecule has 2 rings (SSSR count). The van der Waals surface area contributed by atoms with Crippen molar-refractivity contribution in [1.82, 2.24) is 14.5 Å². The largest absolute Gasteiger partial charge is 0.794 e. The highest BCUT2D eigenvalue weighted by Crippen LogP contribution is 2.27. The predicted molar refractivity (Wildman–Crippen MR) is 54.5 cm³/mol. The van der Waals surface area contributed by atoms with E-state index in [2.05, 4.69) is 9.97 Å². The van der Waals surface area contributed by atoms with Gasteiger partial charge < -0.3 is 9.46 Å². The molecule has 6 heteroatoms. The Balaban J connectivity index is 2.56. The van der Waals surface area contributed by atoms with Crippen LogP contribution in [-0.4, -0.2) is 21.2 Å². The number of aromatic nitrogens is 3. The predicted octanol–water partition coefficient (Wildman–Crippen LogP) is 0.161. The van der Waals surface area contributed by atoms with E-state index in [1.54, 1.807) is 30.6 Å². The molecule has 0 amide bonds. The molecular formula is C9H9N3O2P-. The zero-order valence-corrected chi connectivity index (χ0v) is 8.96. The third-order valence-corrected chi connectivity index (χ3v) is 2.94. The van der Waals surface area contributed by atoms with E-state index in [-0.39, 0.29) is 5.57 Å². The van der Waals surface area contributed by atoms with Gasteiger partial charge in [0.05, 0.1) is 7.37 Å². The minimum atomic E-state index is -3.61. The Morgan fingerprint density at radius 2 is 2.13 bits per heavy atom. The second kappa shape index (κ2) is 3.61. The second-order valence-corrected chi connectivity index (χ2v) is 5.22. The first-order valence-corrected chi connectivity index (χ1v) is 6.40. The number of nitrogens with zero attached hydrogens (tertiary/aromatic N) is 3. The van der Waals surface area contributed by atoms with Gasteiger partial charge in [-0.3, -0.25) is 4.57 Å². The molecule has 0 saturated carbocycles. The number of rotatable bonds is 2. The minimum Gasteiger partial charge on any atom is -0.794 e. The molecule has 0 aromatic carbocycles. The molecule has 0 N–H and O–H groups in total. The Morgan fingerprint density at radius 1 is 1.33 bits per heavy atom. The molecule has 0 aliphatic rings. The van der Waals surface area contributed by atoms with Crippen LogP contribution in [-0.2, 0) is 4.57 Å². The van der Waals surface area contributed by atoms with Gasteiger partial charge in [0.15, 0.2) is 5.57 Å². The van der Waals surface area contributed by atoms with Crippen LogP contribution in [0.4, 0.5) is 0 Å². The van der Waals surface area contributed by atoms with Crippen LogP contribution in [0.15, 0.2) is 36.8 Å². The van der Waals surface area contributed by atoms with Crippen LogP contribution in [0.5, 0.6) is 0 Å². The maximum Gasteiger partial charge on any atom is 0.160 e. The van der Waals surface area contributed by atoms with E-state index < -0.39 is 7.37 Å². The highest BCUT2D eigenvalue weighted by atomic mass is 31.2. The van der Waals surface area contributed by atoms with Gasteiger partial charge in [-0.05, 0) is 18.8 Å². The van der Waals surface area contributed by atoms with Crippen LogP contribution < -0.4 is 10.5 Å². The fourth-order valence-electron chi connectivity index (χ4n) is 1.27. The summed E-state index contributed by atoms with van der Waals surface area (Å²) >= 11 is 0. The Morgan fingerprint density at radius 3 is 2.73 bits per heavy atom. The van der Waals surface area contributed by atoms with Gasteiger partial charge in [-0.15, -0.1) is 0 Å². The maximum atomic E-state index is 11.4. The summed E-state index contributed by atoms with van der Waals surface area (Å²) in [4.78, 5) is 19.3. The SMILES string of the molecule is CP(=O)([O-])c1nccn1-c1ccccn1. The number of pyridine rings is 1. The number of hydrogen-bond acceptors (Lipinski definition) is 4. The molecule has 5 nitrogen and oxygen atoms in total. The Bertz CT molecular complexity index is 503. The lowest BCUT2D eigenvalue weighted by atomic mass is 10.5. The topological polar surface area (TPSA) is 70.8 Å². The van der Waals surface area contributed by atoms with Gasteiger partial charge in [0.1, 0.15) is 5.82 Å². The normalized spacial score (nSPS) is 14.8. The molecule has 0 bridgehead atoms. The van der Waals surface area contributed by atoms with Crippen LogP contribution in [0.2, 0.25) is 0 Å². The van der Waals surface area contributed by atoms with Crippen molar-refractivity contribution in [2.45, 2.75) is 0 Å². The van der Waals surface area contributed by atoms with Crippen LogP contribution in [0.1, 0.15) is 0 Å². The van der Waals surface area contributed by atoms with Gasteiger partial charge in [0.25, 0.3) is 0 Å². The molecule has 78 valence electrons. The van der Waals surface area contributed by atoms with E-state index in [0.29, 0.717) is 5.82 Å². The molecule has 0 saturated heterocycles. The van der Waals surface area contributed by atoms with E-state index >= 15 is 0 Å². The first-order valence-electron chi connectivity index (χ1n) is 4.33. The Kier molecular flexibility index (Phi) is 2.42. The lowest BCUT2D eigenvalue weighted by Crippen LogP contribution is -2.24. The standard InChI is InChI=1S/C9H10N3O2P/c1-15(13,14)9-11-6-7-12(9)8-4-2-3-5-10-8/h2-7H,1H3,(H,13,14)/p-1. The van der Waals surface area contributed by atoms with Crippen LogP contribution in [0.3, 0.4) is 0 Å². The van der Waals surface area contributed by atoms with Crippen LogP contribution in [0, 0.1) is 0 Å². The molecule has 2 aromatic heterocycles. The molecule has 0 aliphatic carbocycles. The average molecular weight is 222 g/mol. The first-order chi connectivity index (χ1) is 7.09. The molecule has 0 fully saturated rings. The lowest BCUT2D eigenvalue weighted by Gasteiger charge is -2.17. The third kappa shape index (κ3) is 1.98. The van der Waals surface area contributed by atoms with Crippen molar-refractivity contribution >= 4 is 12.9 Å². The molecule has 0 aliphatic heterocycles. The first kappa shape index (κ1) is 10.1. The van der Waals surface area contributed by atoms with Crippen molar-refractivity contribution in [2.75, 3.05) is 6.66 Å². The van der Waals surface area contributed by atoms with Crippen molar-refractivity contribution in [3.63, 3.8) is 0 Å². The molecular weight excluding hydrogens is 213 g/mol. The van der Waals surface area contributed by atoms with Crippen molar-refractivity contribution in [3.05, 3.63) is 36.8 Å². The average Bonchev–Trinajstić information content (AvgIpc) is 2.67. The minimum absolute atomic E-state index is 0.0289. The molecule has 0 spiro atoms. The summed E-state index contributed by atoms with van der Waals surface area (Å²) in [6, 6.07) is 5.28. The Labute approximate surface area is 86.9 Å². The summed E-state index contributed by atoms with van der Waals surface area (Å²) < 4.78 is 12.9. The van der Waals surface area contributed by atoms with Crippen LogP contribution >= 0.6 is 7.37 Å². The molecule has 0 radical (unpaired) electrons. The van der Waals surface area contributed by atoms with E-state index in [9.17, 15) is 9.46 Å². The number of imidazole rings is 1. The lowest BCUT2D eigenvalue weighted by molar-refractivity contribution is -0.170. The highest BCUT2D eigenvalue weighted by molar-refractivity contribution is 7.63. The molecule has 2 heterocycles. The van der Waals surface area contributed by atoms with Gasteiger partial charge in [0, 0.05) is 18.6 Å². The fourth-order valence-corrected chi connectivity index (χ4v) is 2.11. The van der Waals surface area contributed by atoms with Gasteiger partial charge in [0.2, 0.25) is 0 Å². The van der Waals surface area contributed by atoms with Gasteiger partial charge >= 0.3 is 0 Å². The van der Waals surface area contributed by atoms with Crippen molar-refractivity contribution in [3.8, 4) is 5.82 Å². The van der Waals surface area contributed by atoms with Crippen molar-refractivity contribution in [1.29, 1.82) is 0 Å². The fraction of sp³-hybridized carbons (Fsp3) is 0.111. The van der Waals surface area contributed by atoms with Crippen molar-refractivity contribution < 1.29 is 9.46 Å². The van der Waals surface area contributed by atoms with E-state index in [1.807, 2.05) is 0 Å². The molecule has 1 atom stereocenters. The Hall–Kier alpha value is -1.45. The smallest absolute Gasteiger partial charge is 0.160 e. The monoisotopic (exact) mass is 222 g/mol. The third-order valence-electron chi connectivity index (χ3n) is 1.88. The summed E-state index contributed by atoms with van der Waals surface area (Å²) in [6.45, 7) is 1.15. The second-order valence-electron chi connectivity index (χ2n) is 3.13. The summed E-state index contributed by atoms with van der Waals surface area (Å²) in [6.07, 6.45) is 4.62. The van der Waals surface area contributed by atoms with E-state index in [1.165, 1.54) is 10.8 Å².